The van der Waals surface area contributed by atoms with Crippen molar-refractivity contribution in [1.82, 2.24) is 5.32 Å². The standard InChI is InChI=1S/C16H16BrNO/c17-15-7-2-1-6-14(15)16(10-18-11-16)9-12-4-3-5-13(19)8-12/h1-8,18-19H,9-11H2. The van der Waals surface area contributed by atoms with Gasteiger partial charge in [0.05, 0.1) is 0 Å². The maximum absolute atomic E-state index is 9.60. The lowest BCUT2D eigenvalue weighted by Crippen LogP contribution is -2.58. The van der Waals surface area contributed by atoms with Crippen molar-refractivity contribution in [2.24, 2.45) is 0 Å². The summed E-state index contributed by atoms with van der Waals surface area (Å²) in [5, 5.41) is 13.0. The van der Waals surface area contributed by atoms with Crippen LogP contribution >= 0.6 is 15.9 Å². The minimum Gasteiger partial charge on any atom is -0.508 e. The fourth-order valence-electron chi connectivity index (χ4n) is 2.79. The van der Waals surface area contributed by atoms with Crippen LogP contribution in [0.5, 0.6) is 5.75 Å². The average Bonchev–Trinajstić information content (AvgIpc) is 2.35. The van der Waals surface area contributed by atoms with Crippen molar-refractivity contribution in [3.63, 3.8) is 0 Å². The van der Waals surface area contributed by atoms with Crippen molar-refractivity contribution in [3.8, 4) is 5.75 Å². The highest BCUT2D eigenvalue weighted by atomic mass is 79.9. The molecule has 1 aliphatic rings. The lowest BCUT2D eigenvalue weighted by molar-refractivity contribution is 0.273. The van der Waals surface area contributed by atoms with E-state index in [1.165, 1.54) is 11.1 Å². The molecular formula is C16H16BrNO. The Morgan fingerprint density at radius 3 is 2.53 bits per heavy atom. The van der Waals surface area contributed by atoms with Crippen molar-refractivity contribution in [2.45, 2.75) is 11.8 Å². The van der Waals surface area contributed by atoms with Crippen molar-refractivity contribution in [3.05, 3.63) is 64.1 Å². The summed E-state index contributed by atoms with van der Waals surface area (Å²) in [4.78, 5) is 0. The largest absolute Gasteiger partial charge is 0.508 e. The third-order valence-corrected chi connectivity index (χ3v) is 4.52. The second-order valence-corrected chi connectivity index (χ2v) is 6.06. The second-order valence-electron chi connectivity index (χ2n) is 5.21. The lowest BCUT2D eigenvalue weighted by atomic mass is 9.71. The van der Waals surface area contributed by atoms with Crippen LogP contribution in [0.25, 0.3) is 0 Å². The van der Waals surface area contributed by atoms with Gasteiger partial charge in [0.2, 0.25) is 0 Å². The zero-order valence-corrected chi connectivity index (χ0v) is 12.2. The first-order valence-electron chi connectivity index (χ1n) is 6.43. The van der Waals surface area contributed by atoms with Crippen LogP contribution in [0.2, 0.25) is 0 Å². The number of phenols is 1. The van der Waals surface area contributed by atoms with Crippen LogP contribution in [0.4, 0.5) is 0 Å². The Morgan fingerprint density at radius 2 is 1.89 bits per heavy atom. The number of benzene rings is 2. The van der Waals surface area contributed by atoms with Gasteiger partial charge in [-0.05, 0) is 35.7 Å². The van der Waals surface area contributed by atoms with Gasteiger partial charge in [-0.15, -0.1) is 0 Å². The second kappa shape index (κ2) is 4.99. The Kier molecular flexibility index (Phi) is 3.33. The molecule has 98 valence electrons. The molecule has 1 saturated heterocycles. The molecule has 1 heterocycles. The van der Waals surface area contributed by atoms with Crippen LogP contribution in [-0.2, 0) is 11.8 Å². The van der Waals surface area contributed by atoms with Crippen LogP contribution in [0.1, 0.15) is 11.1 Å². The topological polar surface area (TPSA) is 32.3 Å². The molecule has 0 bridgehead atoms. The molecule has 3 rings (SSSR count). The highest BCUT2D eigenvalue weighted by Crippen LogP contribution is 2.37. The van der Waals surface area contributed by atoms with Gasteiger partial charge in [0.1, 0.15) is 5.75 Å². The summed E-state index contributed by atoms with van der Waals surface area (Å²) >= 11 is 3.66. The fraction of sp³-hybridized carbons (Fsp3) is 0.250. The SMILES string of the molecule is Oc1cccc(CC2(c3ccccc3Br)CNC2)c1. The molecule has 1 aliphatic heterocycles. The summed E-state index contributed by atoms with van der Waals surface area (Å²) in [5.41, 5.74) is 2.66. The Hall–Kier alpha value is -1.32. The summed E-state index contributed by atoms with van der Waals surface area (Å²) in [6, 6.07) is 16.0. The van der Waals surface area contributed by atoms with E-state index in [0.717, 1.165) is 24.0 Å². The zero-order chi connectivity index (χ0) is 13.3. The predicted octanol–water partition coefficient (Wildman–Crippen LogP) is 3.24. The van der Waals surface area contributed by atoms with Gasteiger partial charge in [-0.25, -0.2) is 0 Å². The molecule has 2 aromatic rings. The Labute approximate surface area is 121 Å². The molecule has 2 N–H and O–H groups in total. The van der Waals surface area contributed by atoms with Crippen molar-refractivity contribution in [2.75, 3.05) is 13.1 Å². The van der Waals surface area contributed by atoms with E-state index in [9.17, 15) is 5.11 Å². The molecular weight excluding hydrogens is 302 g/mol. The predicted molar refractivity (Wildman–Crippen MR) is 80.5 cm³/mol. The van der Waals surface area contributed by atoms with Crippen LogP contribution in [-0.4, -0.2) is 18.2 Å². The number of hydrogen-bond donors (Lipinski definition) is 2. The third-order valence-electron chi connectivity index (χ3n) is 3.83. The number of halogens is 1. The first kappa shape index (κ1) is 12.7. The van der Waals surface area contributed by atoms with Gasteiger partial charge in [-0.1, -0.05) is 46.3 Å². The third kappa shape index (κ3) is 2.40. The Morgan fingerprint density at radius 1 is 1.11 bits per heavy atom. The average molecular weight is 318 g/mol. The van der Waals surface area contributed by atoms with Gasteiger partial charge in [0.15, 0.2) is 0 Å². The van der Waals surface area contributed by atoms with E-state index >= 15 is 0 Å². The zero-order valence-electron chi connectivity index (χ0n) is 10.6. The molecule has 0 unspecified atom stereocenters. The van der Waals surface area contributed by atoms with Gasteiger partial charge in [-0.3, -0.25) is 0 Å². The normalized spacial score (nSPS) is 16.9. The smallest absolute Gasteiger partial charge is 0.115 e. The minimum atomic E-state index is 0.133. The fourth-order valence-corrected chi connectivity index (χ4v) is 3.49. The van der Waals surface area contributed by atoms with E-state index < -0.39 is 0 Å². The van der Waals surface area contributed by atoms with Crippen LogP contribution in [0.3, 0.4) is 0 Å². The lowest BCUT2D eigenvalue weighted by Gasteiger charge is -2.44. The highest BCUT2D eigenvalue weighted by Gasteiger charge is 2.39. The molecule has 2 nitrogen and oxygen atoms in total. The van der Waals surface area contributed by atoms with Gasteiger partial charge < -0.3 is 10.4 Å². The van der Waals surface area contributed by atoms with Gasteiger partial charge in [0, 0.05) is 23.0 Å². The highest BCUT2D eigenvalue weighted by molar-refractivity contribution is 9.10. The molecule has 0 radical (unpaired) electrons. The van der Waals surface area contributed by atoms with Gasteiger partial charge in [0.25, 0.3) is 0 Å². The number of phenolic OH excluding ortho intramolecular Hbond substituents is 1. The molecule has 0 aliphatic carbocycles. The number of aromatic hydroxyl groups is 1. The van der Waals surface area contributed by atoms with Crippen LogP contribution in [0, 0.1) is 0 Å². The minimum absolute atomic E-state index is 0.133. The Balaban J connectivity index is 1.94. The molecule has 0 aromatic heterocycles. The molecule has 2 aromatic carbocycles. The molecule has 3 heteroatoms. The van der Waals surface area contributed by atoms with Crippen molar-refractivity contribution >= 4 is 15.9 Å². The van der Waals surface area contributed by atoms with Crippen LogP contribution in [0.15, 0.2) is 53.0 Å². The Bertz CT molecular complexity index is 593. The van der Waals surface area contributed by atoms with E-state index in [4.69, 9.17) is 0 Å². The molecule has 0 saturated carbocycles. The molecule has 1 fully saturated rings. The quantitative estimate of drug-likeness (QED) is 0.911. The van der Waals surface area contributed by atoms with Gasteiger partial charge in [-0.2, -0.15) is 0 Å². The van der Waals surface area contributed by atoms with E-state index in [0.29, 0.717) is 5.75 Å². The summed E-state index contributed by atoms with van der Waals surface area (Å²) in [5.74, 6) is 0.340. The summed E-state index contributed by atoms with van der Waals surface area (Å²) < 4.78 is 1.16. The number of rotatable bonds is 3. The number of nitrogens with one attached hydrogen (secondary N) is 1. The maximum Gasteiger partial charge on any atom is 0.115 e. The molecule has 0 spiro atoms. The van der Waals surface area contributed by atoms with E-state index in [2.05, 4.69) is 45.5 Å². The summed E-state index contributed by atoms with van der Waals surface area (Å²) in [6.45, 7) is 1.95. The van der Waals surface area contributed by atoms with E-state index in [-0.39, 0.29) is 5.41 Å². The van der Waals surface area contributed by atoms with E-state index in [1.807, 2.05) is 18.2 Å². The van der Waals surface area contributed by atoms with Gasteiger partial charge >= 0.3 is 0 Å². The number of hydrogen-bond acceptors (Lipinski definition) is 2. The molecule has 0 atom stereocenters. The summed E-state index contributed by atoms with van der Waals surface area (Å²) in [6.07, 6.45) is 0.941. The maximum atomic E-state index is 9.60. The van der Waals surface area contributed by atoms with Crippen molar-refractivity contribution in [1.29, 1.82) is 0 Å². The molecule has 19 heavy (non-hydrogen) atoms. The van der Waals surface area contributed by atoms with Crippen molar-refractivity contribution < 1.29 is 5.11 Å². The van der Waals surface area contributed by atoms with Crippen LogP contribution < -0.4 is 5.32 Å². The monoisotopic (exact) mass is 317 g/mol. The summed E-state index contributed by atoms with van der Waals surface area (Å²) in [7, 11) is 0. The first-order chi connectivity index (χ1) is 9.20. The molecule has 0 amide bonds. The first-order valence-corrected chi connectivity index (χ1v) is 7.23. The van der Waals surface area contributed by atoms with E-state index in [1.54, 1.807) is 6.07 Å².